The smallest absolute Gasteiger partial charge is 0.294 e. The maximum Gasteiger partial charge on any atom is 0.294 e. The predicted molar refractivity (Wildman–Crippen MR) is 107 cm³/mol. The molecule has 0 saturated carbocycles. The summed E-state index contributed by atoms with van der Waals surface area (Å²) < 4.78 is 5.04. The second-order valence-corrected chi connectivity index (χ2v) is 7.06. The Bertz CT molecular complexity index is 986. The lowest BCUT2D eigenvalue weighted by Gasteiger charge is -2.13. The molecule has 0 radical (unpaired) electrons. The van der Waals surface area contributed by atoms with Crippen LogP contribution in [0.3, 0.4) is 0 Å². The number of phenols is 1. The van der Waals surface area contributed by atoms with Crippen LogP contribution in [0.1, 0.15) is 11.1 Å². The highest BCUT2D eigenvalue weighted by Gasteiger charge is 2.36. The molecule has 1 aliphatic heterocycles. The van der Waals surface area contributed by atoms with Crippen molar-refractivity contribution in [1.29, 1.82) is 0 Å². The lowest BCUT2D eigenvalue weighted by Crippen LogP contribution is -2.36. The number of hydrogen-bond donors (Lipinski definition) is 2. The molecule has 2 N–H and O–H groups in total. The Kier molecular flexibility index (Phi) is 5.70. The summed E-state index contributed by atoms with van der Waals surface area (Å²) in [5.41, 5.74) is 2.10. The van der Waals surface area contributed by atoms with E-state index in [4.69, 9.17) is 4.74 Å². The average molecular weight is 398 g/mol. The minimum absolute atomic E-state index is 0.0272. The molecule has 1 aliphatic rings. The number of ether oxygens (including phenoxy) is 1. The summed E-state index contributed by atoms with van der Waals surface area (Å²) in [7, 11) is 1.42. The molecule has 0 atom stereocenters. The maximum atomic E-state index is 12.6. The molecule has 1 saturated heterocycles. The predicted octanol–water partition coefficient (Wildman–Crippen LogP) is 3.38. The fourth-order valence-electron chi connectivity index (χ4n) is 2.62. The fourth-order valence-corrected chi connectivity index (χ4v) is 3.46. The first-order valence-electron chi connectivity index (χ1n) is 8.37. The van der Waals surface area contributed by atoms with Gasteiger partial charge in [0.15, 0.2) is 11.5 Å². The second-order valence-electron chi connectivity index (χ2n) is 6.06. The van der Waals surface area contributed by atoms with E-state index in [0.29, 0.717) is 11.3 Å². The van der Waals surface area contributed by atoms with Crippen molar-refractivity contribution in [1.82, 2.24) is 4.90 Å². The minimum atomic E-state index is -0.540. The molecule has 3 amide bonds. The van der Waals surface area contributed by atoms with Gasteiger partial charge in [0.25, 0.3) is 11.1 Å². The van der Waals surface area contributed by atoms with E-state index >= 15 is 0 Å². The van der Waals surface area contributed by atoms with E-state index in [1.165, 1.54) is 19.3 Å². The molecule has 144 valence electrons. The number of methoxy groups -OCH3 is 1. The number of anilines is 1. The summed E-state index contributed by atoms with van der Waals surface area (Å²) in [5, 5.41) is 11.8. The zero-order chi connectivity index (χ0) is 20.3. The van der Waals surface area contributed by atoms with Gasteiger partial charge in [0, 0.05) is 5.69 Å². The van der Waals surface area contributed by atoms with E-state index in [1.54, 1.807) is 24.3 Å². The van der Waals surface area contributed by atoms with Crippen molar-refractivity contribution >= 4 is 40.6 Å². The van der Waals surface area contributed by atoms with Gasteiger partial charge >= 0.3 is 0 Å². The van der Waals surface area contributed by atoms with Crippen LogP contribution < -0.4 is 10.1 Å². The number of carbonyl (C=O) groups is 3. The summed E-state index contributed by atoms with van der Waals surface area (Å²) in [6.07, 6.45) is 1.52. The number of para-hydroxylation sites is 1. The topological polar surface area (TPSA) is 95.9 Å². The van der Waals surface area contributed by atoms with E-state index in [9.17, 15) is 19.5 Å². The van der Waals surface area contributed by atoms with Crippen molar-refractivity contribution in [3.05, 3.63) is 58.5 Å². The third-order valence-electron chi connectivity index (χ3n) is 4.10. The lowest BCUT2D eigenvalue weighted by molar-refractivity contribution is -0.127. The second kappa shape index (κ2) is 8.18. The first kappa shape index (κ1) is 19.5. The number of rotatable bonds is 5. The average Bonchev–Trinajstić information content (AvgIpc) is 2.92. The van der Waals surface area contributed by atoms with Crippen LogP contribution in [-0.2, 0) is 9.59 Å². The molecule has 28 heavy (non-hydrogen) atoms. The summed E-state index contributed by atoms with van der Waals surface area (Å²) in [5.74, 6) is -0.766. The highest BCUT2D eigenvalue weighted by Crippen LogP contribution is 2.34. The van der Waals surface area contributed by atoms with Gasteiger partial charge in [0.05, 0.1) is 12.0 Å². The Morgan fingerprint density at radius 2 is 2.00 bits per heavy atom. The van der Waals surface area contributed by atoms with Gasteiger partial charge in [-0.15, -0.1) is 0 Å². The van der Waals surface area contributed by atoms with Crippen molar-refractivity contribution in [2.45, 2.75) is 6.92 Å². The molecule has 3 rings (SSSR count). The zero-order valence-electron chi connectivity index (χ0n) is 15.3. The number of hydrogen-bond acceptors (Lipinski definition) is 6. The van der Waals surface area contributed by atoms with Gasteiger partial charge in [-0.1, -0.05) is 24.3 Å². The minimum Gasteiger partial charge on any atom is -0.504 e. The molecule has 1 fully saturated rings. The van der Waals surface area contributed by atoms with Gasteiger partial charge in [-0.3, -0.25) is 19.3 Å². The van der Waals surface area contributed by atoms with Crippen LogP contribution in [0.5, 0.6) is 11.5 Å². The van der Waals surface area contributed by atoms with Gasteiger partial charge in [-0.05, 0) is 54.1 Å². The van der Waals surface area contributed by atoms with Crippen molar-refractivity contribution in [2.24, 2.45) is 0 Å². The Morgan fingerprint density at radius 3 is 2.71 bits per heavy atom. The van der Waals surface area contributed by atoms with E-state index in [1.807, 2.05) is 19.1 Å². The lowest BCUT2D eigenvalue weighted by atomic mass is 10.2. The van der Waals surface area contributed by atoms with Crippen molar-refractivity contribution in [3.8, 4) is 11.5 Å². The summed E-state index contributed by atoms with van der Waals surface area (Å²) in [6, 6.07) is 11.8. The third kappa shape index (κ3) is 4.17. The monoisotopic (exact) mass is 398 g/mol. The zero-order valence-corrected chi connectivity index (χ0v) is 16.1. The number of phenolic OH excluding ortho intramolecular Hbond substituents is 1. The molecule has 2 aromatic carbocycles. The van der Waals surface area contributed by atoms with Crippen LogP contribution in [0.4, 0.5) is 10.5 Å². The molecule has 2 aromatic rings. The number of imide groups is 1. The van der Waals surface area contributed by atoms with Crippen LogP contribution in [0.15, 0.2) is 47.4 Å². The van der Waals surface area contributed by atoms with Gasteiger partial charge in [0.2, 0.25) is 5.91 Å². The largest absolute Gasteiger partial charge is 0.504 e. The number of aromatic hydroxyl groups is 1. The summed E-state index contributed by atoms with van der Waals surface area (Å²) in [6.45, 7) is 1.49. The van der Waals surface area contributed by atoms with Crippen molar-refractivity contribution < 1.29 is 24.2 Å². The van der Waals surface area contributed by atoms with E-state index in [2.05, 4.69) is 5.32 Å². The van der Waals surface area contributed by atoms with Gasteiger partial charge in [-0.25, -0.2) is 0 Å². The first-order valence-corrected chi connectivity index (χ1v) is 9.18. The Labute approximate surface area is 166 Å². The van der Waals surface area contributed by atoms with Crippen LogP contribution in [0.25, 0.3) is 6.08 Å². The first-order chi connectivity index (χ1) is 13.4. The highest BCUT2D eigenvalue weighted by atomic mass is 32.2. The standard InChI is InChI=1S/C20H18N2O5S/c1-12-5-3-4-6-14(12)21-18(24)11-22-19(25)17(28-20(22)26)10-13-7-8-15(23)16(9-13)27-2/h3-10,23H,11H2,1-2H3,(H,21,24)/b17-10-. The molecule has 0 unspecified atom stereocenters. The summed E-state index contributed by atoms with van der Waals surface area (Å²) >= 11 is 0.761. The maximum absolute atomic E-state index is 12.6. The Balaban J connectivity index is 1.73. The van der Waals surface area contributed by atoms with Gasteiger partial charge in [-0.2, -0.15) is 0 Å². The number of benzene rings is 2. The molecule has 7 nitrogen and oxygen atoms in total. The van der Waals surface area contributed by atoms with Gasteiger partial charge < -0.3 is 15.2 Å². The van der Waals surface area contributed by atoms with Crippen LogP contribution >= 0.6 is 11.8 Å². The number of nitrogens with one attached hydrogen (secondary N) is 1. The number of aryl methyl sites for hydroxylation is 1. The summed E-state index contributed by atoms with van der Waals surface area (Å²) in [4.78, 5) is 38.1. The Hall–Kier alpha value is -3.26. The highest BCUT2D eigenvalue weighted by molar-refractivity contribution is 8.18. The number of carbonyl (C=O) groups excluding carboxylic acids is 3. The fraction of sp³-hybridized carbons (Fsp3) is 0.150. The Morgan fingerprint density at radius 1 is 1.25 bits per heavy atom. The van der Waals surface area contributed by atoms with Crippen molar-refractivity contribution in [3.63, 3.8) is 0 Å². The van der Waals surface area contributed by atoms with E-state index in [-0.39, 0.29) is 22.9 Å². The normalized spacial score (nSPS) is 15.2. The molecule has 8 heteroatoms. The number of thioether (sulfide) groups is 1. The van der Waals surface area contributed by atoms with Crippen molar-refractivity contribution in [2.75, 3.05) is 19.0 Å². The molecule has 0 spiro atoms. The van der Waals surface area contributed by atoms with Gasteiger partial charge in [0.1, 0.15) is 6.54 Å². The SMILES string of the molecule is COc1cc(/C=C2\SC(=O)N(CC(=O)Nc3ccccc3C)C2=O)ccc1O. The third-order valence-corrected chi connectivity index (χ3v) is 5.00. The molecule has 1 heterocycles. The molecule has 0 aromatic heterocycles. The number of amides is 3. The molecule has 0 aliphatic carbocycles. The van der Waals surface area contributed by atoms with E-state index < -0.39 is 17.1 Å². The van der Waals surface area contributed by atoms with Crippen LogP contribution in [0.2, 0.25) is 0 Å². The quantitative estimate of drug-likeness (QED) is 0.750. The number of nitrogens with zero attached hydrogens (tertiary/aromatic N) is 1. The molecular weight excluding hydrogens is 380 g/mol. The van der Waals surface area contributed by atoms with Crippen LogP contribution in [0, 0.1) is 6.92 Å². The molecular formula is C20H18N2O5S. The van der Waals surface area contributed by atoms with Crippen LogP contribution in [-0.4, -0.2) is 40.7 Å². The van der Waals surface area contributed by atoms with E-state index in [0.717, 1.165) is 22.2 Å². The molecule has 0 bridgehead atoms.